The molecule has 82 valence electrons. The molecule has 0 fully saturated rings. The number of aldehydes is 1. The van der Waals surface area contributed by atoms with Crippen molar-refractivity contribution in [3.05, 3.63) is 23.8 Å². The summed E-state index contributed by atoms with van der Waals surface area (Å²) in [5.41, 5.74) is 0.259. The van der Waals surface area contributed by atoms with E-state index in [0.717, 1.165) is 0 Å². The first-order valence-electron chi connectivity index (χ1n) is 3.92. The number of hydrogen-bond acceptors (Lipinski definition) is 4. The van der Waals surface area contributed by atoms with Gasteiger partial charge >= 0.3 is 6.18 Å². The molecule has 0 aliphatic rings. The van der Waals surface area contributed by atoms with Crippen LogP contribution in [0.1, 0.15) is 16.2 Å². The molecule has 0 amide bonds. The van der Waals surface area contributed by atoms with Crippen molar-refractivity contribution < 1.29 is 22.7 Å². The van der Waals surface area contributed by atoms with Crippen molar-refractivity contribution in [3.63, 3.8) is 0 Å². The van der Waals surface area contributed by atoms with Gasteiger partial charge in [-0.25, -0.2) is 9.97 Å². The fraction of sp³-hybridized carbons (Fsp3) is 0.375. The molecule has 0 saturated carbocycles. The third kappa shape index (κ3) is 4.50. The van der Waals surface area contributed by atoms with Crippen molar-refractivity contribution in [2.45, 2.75) is 12.8 Å². The van der Waals surface area contributed by atoms with Crippen LogP contribution in [0, 0.1) is 0 Å². The molecular weight excluding hydrogens is 213 g/mol. The average Bonchev–Trinajstić information content (AvgIpc) is 2.17. The summed E-state index contributed by atoms with van der Waals surface area (Å²) in [5, 5.41) is 0. The van der Waals surface area contributed by atoms with Gasteiger partial charge in [0.2, 0.25) is 0 Å². The van der Waals surface area contributed by atoms with Crippen LogP contribution in [0.25, 0.3) is 0 Å². The number of alkyl halides is 3. The zero-order chi connectivity index (χ0) is 11.3. The number of aromatic nitrogens is 2. The summed E-state index contributed by atoms with van der Waals surface area (Å²) in [5.74, 6) is 0.102. The van der Waals surface area contributed by atoms with Gasteiger partial charge in [0, 0.05) is 12.4 Å². The highest BCUT2D eigenvalue weighted by atomic mass is 19.4. The molecule has 7 heteroatoms. The minimum atomic E-state index is -4.36. The Morgan fingerprint density at radius 1 is 1.33 bits per heavy atom. The highest BCUT2D eigenvalue weighted by Gasteiger charge is 2.27. The second kappa shape index (κ2) is 4.83. The number of ether oxygens (including phenoxy) is 1. The maximum Gasteiger partial charge on any atom is 0.411 e. The molecule has 1 aromatic heterocycles. The number of hydrogen-bond donors (Lipinski definition) is 0. The summed E-state index contributed by atoms with van der Waals surface area (Å²) in [6.45, 7) is -1.68. The van der Waals surface area contributed by atoms with Crippen molar-refractivity contribution in [2.24, 2.45) is 0 Å². The van der Waals surface area contributed by atoms with Gasteiger partial charge in [-0.15, -0.1) is 0 Å². The number of carbonyl (C=O) groups excluding carboxylic acids is 1. The Balaban J connectivity index is 2.41. The molecule has 1 rings (SSSR count). The number of rotatable bonds is 4. The number of nitrogens with zero attached hydrogens (tertiary/aromatic N) is 2. The first-order valence-corrected chi connectivity index (χ1v) is 3.92. The van der Waals surface area contributed by atoms with E-state index in [1.54, 1.807) is 0 Å². The largest absolute Gasteiger partial charge is 0.411 e. The zero-order valence-electron chi connectivity index (χ0n) is 7.49. The third-order valence-electron chi connectivity index (χ3n) is 1.36. The Labute approximate surface area is 83.1 Å². The lowest BCUT2D eigenvalue weighted by Gasteiger charge is -2.06. The monoisotopic (exact) mass is 220 g/mol. The molecule has 0 saturated heterocycles. The van der Waals surface area contributed by atoms with Crippen molar-refractivity contribution in [1.29, 1.82) is 0 Å². The fourth-order valence-corrected chi connectivity index (χ4v) is 0.758. The quantitative estimate of drug-likeness (QED) is 0.719. The molecule has 0 bridgehead atoms. The minimum Gasteiger partial charge on any atom is -0.364 e. The molecule has 0 atom stereocenters. The van der Waals surface area contributed by atoms with E-state index >= 15 is 0 Å². The van der Waals surface area contributed by atoms with E-state index in [9.17, 15) is 18.0 Å². The fourth-order valence-electron chi connectivity index (χ4n) is 0.758. The smallest absolute Gasteiger partial charge is 0.364 e. The molecule has 1 heterocycles. The van der Waals surface area contributed by atoms with Gasteiger partial charge in [-0.05, 0) is 0 Å². The van der Waals surface area contributed by atoms with Crippen LogP contribution in [0.5, 0.6) is 0 Å². The molecule has 0 spiro atoms. The first kappa shape index (κ1) is 11.6. The van der Waals surface area contributed by atoms with Gasteiger partial charge in [-0.1, -0.05) is 0 Å². The molecule has 0 aliphatic carbocycles. The van der Waals surface area contributed by atoms with Gasteiger partial charge in [0.05, 0.1) is 5.56 Å². The summed E-state index contributed by atoms with van der Waals surface area (Å²) in [7, 11) is 0. The molecule has 0 radical (unpaired) electrons. The average molecular weight is 220 g/mol. The molecule has 15 heavy (non-hydrogen) atoms. The SMILES string of the molecule is O=Cc1cnc(COCC(F)(F)F)nc1. The molecule has 1 aromatic rings. The summed E-state index contributed by atoms with van der Waals surface area (Å²) >= 11 is 0. The lowest BCUT2D eigenvalue weighted by Crippen LogP contribution is -2.17. The Bertz CT molecular complexity index is 324. The van der Waals surface area contributed by atoms with E-state index in [1.807, 2.05) is 0 Å². The van der Waals surface area contributed by atoms with E-state index in [0.29, 0.717) is 6.29 Å². The molecular formula is C8H7F3N2O2. The van der Waals surface area contributed by atoms with Crippen LogP contribution in [0.3, 0.4) is 0 Å². The normalized spacial score (nSPS) is 11.4. The third-order valence-corrected chi connectivity index (χ3v) is 1.36. The van der Waals surface area contributed by atoms with Crippen LogP contribution < -0.4 is 0 Å². The van der Waals surface area contributed by atoms with Gasteiger partial charge in [-0.3, -0.25) is 4.79 Å². The minimum absolute atomic E-state index is 0.102. The van der Waals surface area contributed by atoms with Gasteiger partial charge in [0.25, 0.3) is 0 Å². The molecule has 0 aliphatic heterocycles. The standard InChI is InChI=1S/C8H7F3N2O2/c9-8(10,11)5-15-4-7-12-1-6(3-14)2-13-7/h1-3H,4-5H2. The molecule has 0 unspecified atom stereocenters. The Hall–Kier alpha value is -1.50. The van der Waals surface area contributed by atoms with Crippen LogP contribution in [0.4, 0.5) is 13.2 Å². The first-order chi connectivity index (χ1) is 7.01. The number of carbonyl (C=O) groups is 1. The van der Waals surface area contributed by atoms with Gasteiger partial charge in [0.15, 0.2) is 12.1 Å². The Morgan fingerprint density at radius 3 is 2.40 bits per heavy atom. The summed E-state index contributed by atoms with van der Waals surface area (Å²) < 4.78 is 39.3. The zero-order valence-corrected chi connectivity index (χ0v) is 7.49. The Morgan fingerprint density at radius 2 is 1.93 bits per heavy atom. The van der Waals surface area contributed by atoms with Crippen LogP contribution >= 0.6 is 0 Å². The lowest BCUT2D eigenvalue weighted by atomic mass is 10.4. The van der Waals surface area contributed by atoms with E-state index in [4.69, 9.17) is 0 Å². The molecule has 0 aromatic carbocycles. The van der Waals surface area contributed by atoms with E-state index < -0.39 is 12.8 Å². The number of halogens is 3. The summed E-state index contributed by atoms with van der Waals surface area (Å²) in [4.78, 5) is 17.5. The van der Waals surface area contributed by atoms with Crippen molar-refractivity contribution >= 4 is 6.29 Å². The highest BCUT2D eigenvalue weighted by molar-refractivity contribution is 5.73. The second-order valence-electron chi connectivity index (χ2n) is 2.66. The van der Waals surface area contributed by atoms with Crippen molar-refractivity contribution in [1.82, 2.24) is 9.97 Å². The van der Waals surface area contributed by atoms with Crippen LogP contribution in [0.15, 0.2) is 12.4 Å². The second-order valence-corrected chi connectivity index (χ2v) is 2.66. The Kier molecular flexibility index (Phi) is 3.73. The van der Waals surface area contributed by atoms with Crippen molar-refractivity contribution in [2.75, 3.05) is 6.61 Å². The summed E-state index contributed by atoms with van der Waals surface area (Å²) in [6, 6.07) is 0. The van der Waals surface area contributed by atoms with Gasteiger partial charge in [-0.2, -0.15) is 13.2 Å². The predicted octanol–water partition coefficient (Wildman–Crippen LogP) is 1.37. The van der Waals surface area contributed by atoms with Crippen LogP contribution in [-0.4, -0.2) is 29.0 Å². The van der Waals surface area contributed by atoms with E-state index in [-0.39, 0.29) is 18.0 Å². The van der Waals surface area contributed by atoms with Crippen LogP contribution in [0.2, 0.25) is 0 Å². The lowest BCUT2D eigenvalue weighted by molar-refractivity contribution is -0.177. The summed E-state index contributed by atoms with van der Waals surface area (Å²) in [6.07, 6.45) is -1.39. The van der Waals surface area contributed by atoms with Crippen molar-refractivity contribution in [3.8, 4) is 0 Å². The van der Waals surface area contributed by atoms with E-state index in [1.165, 1.54) is 12.4 Å². The van der Waals surface area contributed by atoms with Gasteiger partial charge in [0.1, 0.15) is 13.2 Å². The topological polar surface area (TPSA) is 52.1 Å². The molecule has 4 nitrogen and oxygen atoms in total. The predicted molar refractivity (Wildman–Crippen MR) is 43.1 cm³/mol. The highest BCUT2D eigenvalue weighted by Crippen LogP contribution is 2.14. The maximum atomic E-state index is 11.7. The van der Waals surface area contributed by atoms with E-state index in [2.05, 4.69) is 14.7 Å². The molecule has 0 N–H and O–H groups in total. The van der Waals surface area contributed by atoms with Crippen LogP contribution in [-0.2, 0) is 11.3 Å². The maximum absolute atomic E-state index is 11.7. The van der Waals surface area contributed by atoms with Gasteiger partial charge < -0.3 is 4.74 Å².